The van der Waals surface area contributed by atoms with Crippen LogP contribution in [0.2, 0.25) is 0 Å². The smallest absolute Gasteiger partial charge is 0.335 e. The first-order valence-electron chi connectivity index (χ1n) is 5.68. The molecule has 0 heterocycles. The van der Waals surface area contributed by atoms with E-state index in [1.165, 1.54) is 6.08 Å². The molecule has 0 aromatic heterocycles. The van der Waals surface area contributed by atoms with Gasteiger partial charge in [-0.05, 0) is 24.8 Å². The van der Waals surface area contributed by atoms with E-state index in [0.717, 1.165) is 6.08 Å². The maximum absolute atomic E-state index is 11.9. The lowest BCUT2D eigenvalue weighted by molar-refractivity contribution is -0.135. The first kappa shape index (κ1) is 12.8. The molecule has 0 bridgehead atoms. The van der Waals surface area contributed by atoms with Crippen LogP contribution in [0.3, 0.4) is 0 Å². The number of carbonyl (C=O) groups is 2. The molecule has 0 saturated heterocycles. The Morgan fingerprint density at radius 3 is 2.56 bits per heavy atom. The summed E-state index contributed by atoms with van der Waals surface area (Å²) >= 11 is 0. The Bertz CT molecular complexity index is 449. The van der Waals surface area contributed by atoms with Crippen molar-refractivity contribution in [1.29, 1.82) is 0 Å². The summed E-state index contributed by atoms with van der Waals surface area (Å²) in [5, 5.41) is 37.8. The molecule has 6 heteroatoms. The van der Waals surface area contributed by atoms with Crippen molar-refractivity contribution in [1.82, 2.24) is 0 Å². The second kappa shape index (κ2) is 4.55. The zero-order valence-corrected chi connectivity index (χ0v) is 9.48. The summed E-state index contributed by atoms with van der Waals surface area (Å²) in [6, 6.07) is 0. The minimum atomic E-state index is -1.28. The van der Waals surface area contributed by atoms with Crippen molar-refractivity contribution in [2.45, 2.75) is 25.0 Å². The maximum Gasteiger partial charge on any atom is 0.335 e. The molecule has 0 aromatic carbocycles. The molecule has 18 heavy (non-hydrogen) atoms. The third kappa shape index (κ3) is 2.04. The summed E-state index contributed by atoms with van der Waals surface area (Å²) in [6.45, 7) is 0. The van der Waals surface area contributed by atoms with Gasteiger partial charge in [0.2, 0.25) is 5.78 Å². The Morgan fingerprint density at radius 2 is 1.94 bits per heavy atom. The van der Waals surface area contributed by atoms with Gasteiger partial charge in [0.05, 0.1) is 23.7 Å². The minimum absolute atomic E-state index is 0.170. The molecule has 0 spiro atoms. The van der Waals surface area contributed by atoms with Crippen LogP contribution in [0.5, 0.6) is 0 Å². The maximum atomic E-state index is 11.9. The van der Waals surface area contributed by atoms with Crippen LogP contribution < -0.4 is 0 Å². The lowest BCUT2D eigenvalue weighted by atomic mass is 9.73. The average molecular weight is 254 g/mol. The number of carboxylic acid groups (broad SMARTS) is 1. The number of aliphatic carboxylic acids is 1. The van der Waals surface area contributed by atoms with Crippen molar-refractivity contribution in [3.8, 4) is 0 Å². The zero-order valence-electron chi connectivity index (χ0n) is 9.48. The number of hydrogen-bond donors (Lipinski definition) is 4. The van der Waals surface area contributed by atoms with E-state index < -0.39 is 41.6 Å². The third-order valence-corrected chi connectivity index (χ3v) is 3.51. The summed E-state index contributed by atoms with van der Waals surface area (Å²) in [5.74, 6) is -4.12. The highest BCUT2D eigenvalue weighted by Crippen LogP contribution is 2.36. The molecule has 0 aliphatic heterocycles. The van der Waals surface area contributed by atoms with E-state index in [1.807, 2.05) is 0 Å². The fourth-order valence-corrected chi connectivity index (χ4v) is 2.54. The lowest BCUT2D eigenvalue weighted by Crippen LogP contribution is -2.45. The molecule has 6 nitrogen and oxygen atoms in total. The van der Waals surface area contributed by atoms with Crippen molar-refractivity contribution >= 4 is 11.8 Å². The Kier molecular flexibility index (Phi) is 3.23. The van der Waals surface area contributed by atoms with Crippen LogP contribution in [0.4, 0.5) is 0 Å². The molecule has 98 valence electrons. The van der Waals surface area contributed by atoms with Crippen LogP contribution >= 0.6 is 0 Å². The van der Waals surface area contributed by atoms with E-state index in [1.54, 1.807) is 0 Å². The predicted octanol–water partition coefficient (Wildman–Crippen LogP) is -0.230. The van der Waals surface area contributed by atoms with Crippen LogP contribution in [0.1, 0.15) is 12.8 Å². The number of ketones is 1. The van der Waals surface area contributed by atoms with Crippen LogP contribution in [-0.4, -0.2) is 44.4 Å². The molecular weight excluding hydrogens is 240 g/mol. The van der Waals surface area contributed by atoms with Gasteiger partial charge in [-0.2, -0.15) is 0 Å². The Hall–Kier alpha value is -1.66. The average Bonchev–Trinajstić information content (AvgIpc) is 2.43. The van der Waals surface area contributed by atoms with Gasteiger partial charge >= 0.3 is 5.97 Å². The third-order valence-electron chi connectivity index (χ3n) is 3.51. The Morgan fingerprint density at radius 1 is 1.28 bits per heavy atom. The second-order valence-corrected chi connectivity index (χ2v) is 4.65. The van der Waals surface area contributed by atoms with E-state index in [2.05, 4.69) is 0 Å². The molecule has 4 atom stereocenters. The Balaban J connectivity index is 2.43. The number of allylic oxidation sites excluding steroid dienone is 2. The lowest BCUT2D eigenvalue weighted by Gasteiger charge is -2.35. The summed E-state index contributed by atoms with van der Waals surface area (Å²) in [7, 11) is 0. The topological polar surface area (TPSA) is 115 Å². The quantitative estimate of drug-likeness (QED) is 0.514. The molecule has 1 saturated carbocycles. The fourth-order valence-electron chi connectivity index (χ4n) is 2.54. The second-order valence-electron chi connectivity index (χ2n) is 4.65. The first-order valence-corrected chi connectivity index (χ1v) is 5.68. The molecule has 0 radical (unpaired) electrons. The number of aliphatic hydroxyl groups excluding tert-OH is 3. The van der Waals surface area contributed by atoms with Crippen LogP contribution in [0.15, 0.2) is 23.5 Å². The predicted molar refractivity (Wildman–Crippen MR) is 59.7 cm³/mol. The fraction of sp³-hybridized carbons (Fsp3) is 0.500. The molecule has 2 rings (SSSR count). The molecule has 4 unspecified atom stereocenters. The number of carboxylic acids is 1. The van der Waals surface area contributed by atoms with Gasteiger partial charge < -0.3 is 20.4 Å². The first-order chi connectivity index (χ1) is 8.41. The number of aliphatic hydroxyl groups is 3. The van der Waals surface area contributed by atoms with Crippen LogP contribution in [0.25, 0.3) is 0 Å². The van der Waals surface area contributed by atoms with Crippen molar-refractivity contribution in [2.75, 3.05) is 0 Å². The molecular formula is C12H14O6. The monoisotopic (exact) mass is 254 g/mol. The SMILES string of the molecule is O=C(O)C1=CC2CCC(O)C(O)C2C(=O)C(O)=C1. The molecule has 0 aromatic rings. The Labute approximate surface area is 103 Å². The largest absolute Gasteiger partial charge is 0.504 e. The van der Waals surface area contributed by atoms with Crippen molar-refractivity contribution in [2.24, 2.45) is 11.8 Å². The summed E-state index contributed by atoms with van der Waals surface area (Å²) in [5.41, 5.74) is -0.170. The van der Waals surface area contributed by atoms with E-state index in [9.17, 15) is 24.9 Å². The number of rotatable bonds is 1. The molecule has 0 amide bonds. The highest BCUT2D eigenvalue weighted by Gasteiger charge is 2.43. The highest BCUT2D eigenvalue weighted by molar-refractivity contribution is 6.00. The minimum Gasteiger partial charge on any atom is -0.504 e. The van der Waals surface area contributed by atoms with E-state index in [0.29, 0.717) is 12.8 Å². The van der Waals surface area contributed by atoms with Gasteiger partial charge in [0.25, 0.3) is 0 Å². The van der Waals surface area contributed by atoms with Gasteiger partial charge in [0.15, 0.2) is 5.76 Å². The number of hydrogen-bond acceptors (Lipinski definition) is 5. The van der Waals surface area contributed by atoms with E-state index in [-0.39, 0.29) is 5.57 Å². The van der Waals surface area contributed by atoms with Gasteiger partial charge in [0, 0.05) is 0 Å². The van der Waals surface area contributed by atoms with Gasteiger partial charge in [0.1, 0.15) is 0 Å². The number of fused-ring (bicyclic) bond motifs is 1. The normalized spacial score (nSPS) is 36.2. The van der Waals surface area contributed by atoms with Crippen LogP contribution in [0, 0.1) is 11.8 Å². The van der Waals surface area contributed by atoms with Gasteiger partial charge in [-0.15, -0.1) is 0 Å². The molecule has 2 aliphatic carbocycles. The summed E-state index contributed by atoms with van der Waals surface area (Å²) < 4.78 is 0. The van der Waals surface area contributed by atoms with Gasteiger partial charge in [-0.25, -0.2) is 4.79 Å². The standard InChI is InChI=1S/C12H14O6/c13-7-2-1-5-3-6(12(17)18)4-8(14)11(16)9(5)10(7)15/h3-5,7,9-10,13-15H,1-2H2,(H,17,18). The van der Waals surface area contributed by atoms with Crippen LogP contribution in [-0.2, 0) is 9.59 Å². The van der Waals surface area contributed by atoms with Gasteiger partial charge in [-0.1, -0.05) is 6.08 Å². The zero-order chi connectivity index (χ0) is 13.4. The van der Waals surface area contributed by atoms with Crippen molar-refractivity contribution in [3.05, 3.63) is 23.5 Å². The summed E-state index contributed by atoms with van der Waals surface area (Å²) in [4.78, 5) is 22.8. The van der Waals surface area contributed by atoms with E-state index in [4.69, 9.17) is 5.11 Å². The number of carbonyl (C=O) groups excluding carboxylic acids is 1. The molecule has 2 aliphatic rings. The molecule has 4 N–H and O–H groups in total. The number of Topliss-reactive ketones (excluding diaryl/α,β-unsaturated/α-hetero) is 1. The molecule has 1 fully saturated rings. The van der Waals surface area contributed by atoms with Gasteiger partial charge in [-0.3, -0.25) is 4.79 Å². The highest BCUT2D eigenvalue weighted by atomic mass is 16.4. The van der Waals surface area contributed by atoms with Crippen molar-refractivity contribution < 1.29 is 30.0 Å². The van der Waals surface area contributed by atoms with Crippen molar-refractivity contribution in [3.63, 3.8) is 0 Å². The summed E-state index contributed by atoms with van der Waals surface area (Å²) in [6.07, 6.45) is 0.636. The van der Waals surface area contributed by atoms with E-state index >= 15 is 0 Å².